The number of benzene rings is 3. The number of fused-ring (bicyclic) bond motifs is 2. The lowest BCUT2D eigenvalue weighted by atomic mass is 10.1. The van der Waals surface area contributed by atoms with E-state index in [0.29, 0.717) is 30.0 Å². The lowest BCUT2D eigenvalue weighted by molar-refractivity contribution is 0.255. The van der Waals surface area contributed by atoms with Gasteiger partial charge < -0.3 is 10.1 Å². The molecule has 3 aromatic carbocycles. The van der Waals surface area contributed by atoms with E-state index in [4.69, 9.17) is 4.74 Å². The van der Waals surface area contributed by atoms with Gasteiger partial charge in [0.1, 0.15) is 5.75 Å². The van der Waals surface area contributed by atoms with Crippen LogP contribution in [0.5, 0.6) is 5.75 Å². The van der Waals surface area contributed by atoms with Crippen LogP contribution in [0.4, 0.5) is 11.4 Å². The van der Waals surface area contributed by atoms with Crippen molar-refractivity contribution in [3.63, 3.8) is 0 Å². The van der Waals surface area contributed by atoms with Crippen LogP contribution in [-0.2, 0) is 10.0 Å². The first-order valence-electron chi connectivity index (χ1n) is 9.04. The molecule has 1 N–H and O–H groups in total. The fourth-order valence-corrected chi connectivity index (χ4v) is 5.18. The molecule has 0 fully saturated rings. The lowest BCUT2D eigenvalue weighted by Crippen LogP contribution is -2.43. The molecular formula is C21H23ClN2O3S. The number of anilines is 2. The molecule has 148 valence electrons. The largest absolute Gasteiger partial charge is 0.470 e. The smallest absolute Gasteiger partial charge is 0.277 e. The third-order valence-corrected chi connectivity index (χ3v) is 6.66. The first kappa shape index (κ1) is 20.5. The van der Waals surface area contributed by atoms with Gasteiger partial charge in [-0.3, -0.25) is 0 Å². The van der Waals surface area contributed by atoms with E-state index >= 15 is 0 Å². The van der Waals surface area contributed by atoms with E-state index in [1.165, 1.54) is 4.31 Å². The van der Waals surface area contributed by atoms with Crippen molar-refractivity contribution in [2.75, 3.05) is 17.9 Å². The van der Waals surface area contributed by atoms with Crippen LogP contribution in [0, 0.1) is 0 Å². The SMILES string of the molecule is CNCCC[C@@H]1Oc2cc3ccccc3cc2N(c2ccccc2)S1(=O)=O.Cl. The number of hydrogen-bond donors (Lipinski definition) is 1. The molecule has 1 aliphatic heterocycles. The van der Waals surface area contributed by atoms with Crippen molar-refractivity contribution in [3.8, 4) is 5.75 Å². The normalized spacial score (nSPS) is 17.5. The molecule has 0 bridgehead atoms. The van der Waals surface area contributed by atoms with E-state index < -0.39 is 15.5 Å². The highest BCUT2D eigenvalue weighted by Crippen LogP contribution is 2.44. The summed E-state index contributed by atoms with van der Waals surface area (Å²) < 4.78 is 34.2. The monoisotopic (exact) mass is 418 g/mol. The van der Waals surface area contributed by atoms with Crippen LogP contribution >= 0.6 is 12.4 Å². The van der Waals surface area contributed by atoms with Crippen LogP contribution in [0.15, 0.2) is 66.7 Å². The zero-order valence-corrected chi connectivity index (χ0v) is 17.2. The molecule has 0 aliphatic carbocycles. The molecular weight excluding hydrogens is 396 g/mol. The second-order valence-electron chi connectivity index (χ2n) is 6.61. The minimum Gasteiger partial charge on any atom is -0.470 e. The summed E-state index contributed by atoms with van der Waals surface area (Å²) in [5.74, 6) is 0.599. The molecule has 0 aromatic heterocycles. The molecule has 0 unspecified atom stereocenters. The van der Waals surface area contributed by atoms with Gasteiger partial charge in [0.2, 0.25) is 5.44 Å². The number of hydrogen-bond acceptors (Lipinski definition) is 4. The van der Waals surface area contributed by atoms with Gasteiger partial charge in [0, 0.05) is 6.42 Å². The summed E-state index contributed by atoms with van der Waals surface area (Å²) in [5.41, 5.74) is 0.278. The molecule has 0 amide bonds. The van der Waals surface area contributed by atoms with Gasteiger partial charge in [0.05, 0.1) is 11.4 Å². The highest BCUT2D eigenvalue weighted by atomic mass is 35.5. The van der Waals surface area contributed by atoms with Crippen molar-refractivity contribution in [2.45, 2.75) is 18.3 Å². The highest BCUT2D eigenvalue weighted by Gasteiger charge is 2.41. The van der Waals surface area contributed by atoms with Gasteiger partial charge in [0.25, 0.3) is 10.0 Å². The third kappa shape index (κ3) is 3.68. The number of ether oxygens (including phenoxy) is 1. The average Bonchev–Trinajstić information content (AvgIpc) is 2.67. The fourth-order valence-electron chi connectivity index (χ4n) is 3.42. The molecule has 5 nitrogen and oxygen atoms in total. The van der Waals surface area contributed by atoms with Gasteiger partial charge >= 0.3 is 0 Å². The minimum absolute atomic E-state index is 0. The Morgan fingerprint density at radius 1 is 1.00 bits per heavy atom. The number of para-hydroxylation sites is 1. The molecule has 4 rings (SSSR count). The predicted molar refractivity (Wildman–Crippen MR) is 116 cm³/mol. The quantitative estimate of drug-likeness (QED) is 0.622. The second-order valence-corrected chi connectivity index (χ2v) is 8.53. The summed E-state index contributed by atoms with van der Waals surface area (Å²) >= 11 is 0. The van der Waals surface area contributed by atoms with Crippen molar-refractivity contribution >= 4 is 44.6 Å². The highest BCUT2D eigenvalue weighted by molar-refractivity contribution is 7.93. The lowest BCUT2D eigenvalue weighted by Gasteiger charge is -2.36. The maximum absolute atomic E-state index is 13.4. The average molecular weight is 419 g/mol. The Hall–Kier alpha value is -2.28. The van der Waals surface area contributed by atoms with Crippen molar-refractivity contribution in [1.82, 2.24) is 5.32 Å². The van der Waals surface area contributed by atoms with E-state index in [1.54, 1.807) is 0 Å². The van der Waals surface area contributed by atoms with Gasteiger partial charge in [-0.25, -0.2) is 12.7 Å². The first-order valence-corrected chi connectivity index (χ1v) is 10.5. The Morgan fingerprint density at radius 2 is 1.64 bits per heavy atom. The predicted octanol–water partition coefficient (Wildman–Crippen LogP) is 4.45. The molecule has 0 spiro atoms. The maximum atomic E-state index is 13.4. The first-order chi connectivity index (χ1) is 13.1. The van der Waals surface area contributed by atoms with Crippen molar-refractivity contribution in [3.05, 3.63) is 66.7 Å². The molecule has 1 aliphatic rings. The Labute approximate surface area is 171 Å². The second kappa shape index (κ2) is 8.39. The zero-order valence-electron chi connectivity index (χ0n) is 15.5. The van der Waals surface area contributed by atoms with Crippen LogP contribution in [0.25, 0.3) is 10.8 Å². The number of halogens is 1. The summed E-state index contributed by atoms with van der Waals surface area (Å²) in [6.07, 6.45) is 1.14. The molecule has 28 heavy (non-hydrogen) atoms. The van der Waals surface area contributed by atoms with E-state index in [1.807, 2.05) is 73.8 Å². The van der Waals surface area contributed by atoms with Crippen molar-refractivity contribution in [1.29, 1.82) is 0 Å². The van der Waals surface area contributed by atoms with E-state index in [2.05, 4.69) is 5.32 Å². The number of rotatable bonds is 5. The zero-order chi connectivity index (χ0) is 18.9. The topological polar surface area (TPSA) is 58.6 Å². The van der Waals surface area contributed by atoms with Crippen LogP contribution in [0.3, 0.4) is 0 Å². The molecule has 3 aromatic rings. The molecule has 1 atom stereocenters. The Kier molecular flexibility index (Phi) is 6.13. The van der Waals surface area contributed by atoms with E-state index in [9.17, 15) is 8.42 Å². The van der Waals surface area contributed by atoms with Gasteiger partial charge in [-0.2, -0.15) is 0 Å². The summed E-state index contributed by atoms with van der Waals surface area (Å²) in [6, 6.07) is 20.9. The summed E-state index contributed by atoms with van der Waals surface area (Å²) in [5, 5.41) is 5.06. The minimum atomic E-state index is -3.70. The van der Waals surface area contributed by atoms with E-state index in [-0.39, 0.29) is 12.4 Å². The van der Waals surface area contributed by atoms with Crippen LogP contribution in [0.2, 0.25) is 0 Å². The number of nitrogens with zero attached hydrogens (tertiary/aromatic N) is 1. The molecule has 7 heteroatoms. The standard InChI is InChI=1S/C21H22N2O3S.ClH/c1-22-13-7-12-21-26-20-15-17-9-6-5-8-16(17)14-19(20)23(27(21,24)25)18-10-3-2-4-11-18;/h2-6,8-11,14-15,21-22H,7,12-13H2,1H3;1H/t21-;/m1./s1. The third-order valence-electron chi connectivity index (χ3n) is 4.75. The molecule has 0 saturated carbocycles. The van der Waals surface area contributed by atoms with Gasteiger partial charge in [-0.1, -0.05) is 42.5 Å². The Balaban J connectivity index is 0.00000225. The van der Waals surface area contributed by atoms with Crippen LogP contribution in [-0.4, -0.2) is 27.4 Å². The van der Waals surface area contributed by atoms with Gasteiger partial charge in [-0.05, 0) is 55.1 Å². The number of sulfonamides is 1. The molecule has 0 saturated heterocycles. The van der Waals surface area contributed by atoms with Crippen LogP contribution in [0.1, 0.15) is 12.8 Å². The summed E-state index contributed by atoms with van der Waals surface area (Å²) in [6.45, 7) is 0.741. The maximum Gasteiger partial charge on any atom is 0.277 e. The Morgan fingerprint density at radius 3 is 2.32 bits per heavy atom. The van der Waals surface area contributed by atoms with Crippen LogP contribution < -0.4 is 14.4 Å². The summed E-state index contributed by atoms with van der Waals surface area (Å²) in [7, 11) is -1.84. The molecule has 1 heterocycles. The Bertz CT molecular complexity index is 1060. The van der Waals surface area contributed by atoms with Gasteiger partial charge in [-0.15, -0.1) is 12.4 Å². The van der Waals surface area contributed by atoms with E-state index in [0.717, 1.165) is 17.3 Å². The fraction of sp³-hybridized carbons (Fsp3) is 0.238. The van der Waals surface area contributed by atoms with Crippen molar-refractivity contribution in [2.24, 2.45) is 0 Å². The molecule has 0 radical (unpaired) electrons. The number of nitrogens with one attached hydrogen (secondary N) is 1. The summed E-state index contributed by atoms with van der Waals surface area (Å²) in [4.78, 5) is 0. The van der Waals surface area contributed by atoms with Crippen molar-refractivity contribution < 1.29 is 13.2 Å². The van der Waals surface area contributed by atoms with Gasteiger partial charge in [0.15, 0.2) is 0 Å².